The highest BCUT2D eigenvalue weighted by Gasteiger charge is 2.20. The van der Waals surface area contributed by atoms with E-state index < -0.39 is 0 Å². The first-order chi connectivity index (χ1) is 4.22. The Morgan fingerprint density at radius 3 is 2.67 bits per heavy atom. The quantitative estimate of drug-likeness (QED) is 0.287. The van der Waals surface area contributed by atoms with Gasteiger partial charge in [0.15, 0.2) is 0 Å². The molecule has 1 aliphatic heterocycles. The van der Waals surface area contributed by atoms with Crippen molar-refractivity contribution < 1.29 is 9.53 Å². The van der Waals surface area contributed by atoms with Crippen LogP contribution >= 0.6 is 12.6 Å². The Hall–Kier alpha value is -0.640. The van der Waals surface area contributed by atoms with Crippen molar-refractivity contribution in [2.75, 3.05) is 6.61 Å². The number of carbonyl (C=O) groups excluding carboxylic acids is 1. The van der Waals surface area contributed by atoms with E-state index in [9.17, 15) is 4.79 Å². The second-order valence-electron chi connectivity index (χ2n) is 1.75. The third kappa shape index (κ3) is 1.18. The van der Waals surface area contributed by atoms with E-state index in [1.807, 2.05) is 0 Å². The lowest BCUT2D eigenvalue weighted by atomic mass is 10.2. The molecular weight excluding hydrogens is 138 g/mol. The van der Waals surface area contributed by atoms with Crippen molar-refractivity contribution in [1.29, 1.82) is 0 Å². The summed E-state index contributed by atoms with van der Waals surface area (Å²) < 4.78 is 4.60. The van der Waals surface area contributed by atoms with Gasteiger partial charge < -0.3 is 10.5 Å². The molecule has 0 spiro atoms. The number of thiol groups is 1. The van der Waals surface area contributed by atoms with Gasteiger partial charge in [-0.15, -0.1) is 12.6 Å². The molecule has 1 rings (SSSR count). The van der Waals surface area contributed by atoms with Gasteiger partial charge in [0.05, 0.1) is 17.2 Å². The van der Waals surface area contributed by atoms with Crippen LogP contribution in [0.1, 0.15) is 6.42 Å². The maximum atomic E-state index is 10.6. The van der Waals surface area contributed by atoms with Crippen LogP contribution in [-0.4, -0.2) is 12.6 Å². The van der Waals surface area contributed by atoms with E-state index >= 15 is 0 Å². The molecule has 0 radical (unpaired) electrons. The molecule has 0 aliphatic carbocycles. The highest BCUT2D eigenvalue weighted by Crippen LogP contribution is 2.16. The lowest BCUT2D eigenvalue weighted by molar-refractivity contribution is -0.135. The summed E-state index contributed by atoms with van der Waals surface area (Å²) in [5.74, 6) is -0.331. The maximum Gasteiger partial charge on any atom is 0.336 e. The summed E-state index contributed by atoms with van der Waals surface area (Å²) in [6.07, 6.45) is 0.591. The van der Waals surface area contributed by atoms with Gasteiger partial charge in [0, 0.05) is 6.42 Å². The Balaban J connectivity index is 2.83. The lowest BCUT2D eigenvalue weighted by Crippen LogP contribution is -2.01. The van der Waals surface area contributed by atoms with Crippen LogP contribution in [0, 0.1) is 0 Å². The molecule has 0 saturated carbocycles. The molecule has 2 N–H and O–H groups in total. The van der Waals surface area contributed by atoms with Crippen LogP contribution in [0.25, 0.3) is 0 Å². The molecule has 3 nitrogen and oxygen atoms in total. The van der Waals surface area contributed by atoms with Gasteiger partial charge in [-0.25, -0.2) is 4.79 Å². The van der Waals surface area contributed by atoms with Crippen LogP contribution in [0.3, 0.4) is 0 Å². The molecule has 9 heavy (non-hydrogen) atoms. The van der Waals surface area contributed by atoms with Gasteiger partial charge in [-0.05, 0) is 0 Å². The predicted molar refractivity (Wildman–Crippen MR) is 35.8 cm³/mol. The monoisotopic (exact) mass is 145 g/mol. The number of ether oxygens (including phenoxy) is 1. The number of hydrogen-bond donors (Lipinski definition) is 2. The Kier molecular flexibility index (Phi) is 1.66. The molecule has 1 fully saturated rings. The fourth-order valence-electron chi connectivity index (χ4n) is 0.668. The predicted octanol–water partition coefficient (Wildman–Crippen LogP) is 0.0334. The molecule has 0 bridgehead atoms. The van der Waals surface area contributed by atoms with Crippen molar-refractivity contribution in [3.05, 3.63) is 10.6 Å². The molecule has 0 amide bonds. The van der Waals surface area contributed by atoms with E-state index in [4.69, 9.17) is 5.73 Å². The second kappa shape index (κ2) is 2.31. The normalized spacial score (nSPS) is 23.9. The molecule has 0 aromatic heterocycles. The smallest absolute Gasteiger partial charge is 0.336 e. The van der Waals surface area contributed by atoms with Crippen LogP contribution in [0.2, 0.25) is 0 Å². The number of nitrogens with two attached hydrogens (primary N) is 1. The molecule has 50 valence electrons. The van der Waals surface area contributed by atoms with Crippen molar-refractivity contribution in [3.63, 3.8) is 0 Å². The molecule has 0 unspecified atom stereocenters. The van der Waals surface area contributed by atoms with Crippen LogP contribution in [-0.2, 0) is 9.53 Å². The van der Waals surface area contributed by atoms with E-state index in [0.717, 1.165) is 0 Å². The van der Waals surface area contributed by atoms with Crippen molar-refractivity contribution in [2.45, 2.75) is 6.42 Å². The average molecular weight is 145 g/mol. The zero-order valence-electron chi connectivity index (χ0n) is 4.76. The highest BCUT2D eigenvalue weighted by molar-refractivity contribution is 7.84. The molecule has 1 aliphatic rings. The van der Waals surface area contributed by atoms with Gasteiger partial charge >= 0.3 is 5.97 Å². The third-order valence-corrected chi connectivity index (χ3v) is 1.41. The molecule has 0 atom stereocenters. The van der Waals surface area contributed by atoms with Crippen molar-refractivity contribution in [2.24, 2.45) is 5.73 Å². The summed E-state index contributed by atoms with van der Waals surface area (Å²) in [4.78, 5) is 10.6. The first-order valence-electron chi connectivity index (χ1n) is 2.56. The number of esters is 1. The Morgan fingerprint density at radius 1 is 1.78 bits per heavy atom. The Labute approximate surface area is 58.3 Å². The standard InChI is InChI=1S/C5H7NO2S/c6-4(9)3-1-2-8-5(3)7/h9H,1-2,6H2/b4-3-. The number of cyclic esters (lactones) is 1. The molecule has 0 aromatic rings. The minimum atomic E-state index is -0.331. The maximum absolute atomic E-state index is 10.6. The SMILES string of the molecule is N/C(S)=C1\CCOC1=O. The zero-order chi connectivity index (χ0) is 6.85. The van der Waals surface area contributed by atoms with Gasteiger partial charge in [0.2, 0.25) is 0 Å². The van der Waals surface area contributed by atoms with E-state index in [0.29, 0.717) is 18.6 Å². The molecule has 1 saturated heterocycles. The Morgan fingerprint density at radius 2 is 2.44 bits per heavy atom. The van der Waals surface area contributed by atoms with E-state index in [1.165, 1.54) is 0 Å². The van der Waals surface area contributed by atoms with E-state index in [2.05, 4.69) is 17.4 Å². The molecular formula is C5H7NO2S. The molecule has 4 heteroatoms. The minimum absolute atomic E-state index is 0.275. The van der Waals surface area contributed by atoms with E-state index in [1.54, 1.807) is 0 Å². The van der Waals surface area contributed by atoms with Gasteiger partial charge in [-0.3, -0.25) is 0 Å². The van der Waals surface area contributed by atoms with Crippen LogP contribution in [0.4, 0.5) is 0 Å². The number of hydrogen-bond acceptors (Lipinski definition) is 4. The minimum Gasteiger partial charge on any atom is -0.462 e. The summed E-state index contributed by atoms with van der Waals surface area (Å²) in [6.45, 7) is 0.440. The van der Waals surface area contributed by atoms with Crippen LogP contribution < -0.4 is 5.73 Å². The van der Waals surface area contributed by atoms with Gasteiger partial charge in [-0.1, -0.05) is 0 Å². The third-order valence-electron chi connectivity index (χ3n) is 1.14. The Bertz CT molecular complexity index is 172. The topological polar surface area (TPSA) is 52.3 Å². The molecule has 1 heterocycles. The fourth-order valence-corrected chi connectivity index (χ4v) is 0.871. The van der Waals surface area contributed by atoms with Gasteiger partial charge in [0.1, 0.15) is 0 Å². The van der Waals surface area contributed by atoms with Crippen molar-refractivity contribution in [1.82, 2.24) is 0 Å². The molecule has 0 aromatic carbocycles. The van der Waals surface area contributed by atoms with Crippen molar-refractivity contribution in [3.8, 4) is 0 Å². The van der Waals surface area contributed by atoms with Gasteiger partial charge in [0.25, 0.3) is 0 Å². The first-order valence-corrected chi connectivity index (χ1v) is 3.01. The van der Waals surface area contributed by atoms with E-state index in [-0.39, 0.29) is 11.0 Å². The lowest BCUT2D eigenvalue weighted by Gasteiger charge is -1.91. The summed E-state index contributed by atoms with van der Waals surface area (Å²) in [7, 11) is 0. The zero-order valence-corrected chi connectivity index (χ0v) is 5.65. The summed E-state index contributed by atoms with van der Waals surface area (Å²) in [5.41, 5.74) is 5.73. The fraction of sp³-hybridized carbons (Fsp3) is 0.400. The average Bonchev–Trinajstić information content (AvgIpc) is 2.13. The number of carbonyl (C=O) groups is 1. The highest BCUT2D eigenvalue weighted by atomic mass is 32.1. The summed E-state index contributed by atoms with van der Waals surface area (Å²) >= 11 is 3.81. The van der Waals surface area contributed by atoms with Crippen LogP contribution in [0.15, 0.2) is 10.6 Å². The first kappa shape index (κ1) is 6.48. The summed E-state index contributed by atoms with van der Waals surface area (Å²) in [5, 5.41) is 0.275. The summed E-state index contributed by atoms with van der Waals surface area (Å²) in [6, 6.07) is 0. The van der Waals surface area contributed by atoms with Crippen molar-refractivity contribution >= 4 is 18.6 Å². The number of rotatable bonds is 0. The van der Waals surface area contributed by atoms with Gasteiger partial charge in [-0.2, -0.15) is 0 Å². The van der Waals surface area contributed by atoms with Crippen LogP contribution in [0.5, 0.6) is 0 Å². The largest absolute Gasteiger partial charge is 0.462 e. The second-order valence-corrected chi connectivity index (χ2v) is 2.23.